The predicted molar refractivity (Wildman–Crippen MR) is 84.4 cm³/mol. The zero-order chi connectivity index (χ0) is 15.1. The SMILES string of the molecule is CCN(CC)C1CCN(CCOc2ccc(C#N)cc2)C1. The Kier molecular flexibility index (Phi) is 6.04. The molecule has 1 aliphatic rings. The molecule has 4 heteroatoms. The summed E-state index contributed by atoms with van der Waals surface area (Å²) in [7, 11) is 0. The maximum Gasteiger partial charge on any atom is 0.119 e. The van der Waals surface area contributed by atoms with E-state index in [0.717, 1.165) is 38.5 Å². The number of likely N-dealkylation sites (N-methyl/N-ethyl adjacent to an activating group) is 1. The van der Waals surface area contributed by atoms with E-state index in [2.05, 4.69) is 29.7 Å². The molecule has 1 unspecified atom stereocenters. The lowest BCUT2D eigenvalue weighted by Crippen LogP contribution is -2.37. The number of ether oxygens (including phenoxy) is 1. The first-order chi connectivity index (χ1) is 10.3. The third-order valence-corrected chi connectivity index (χ3v) is 4.24. The summed E-state index contributed by atoms with van der Waals surface area (Å²) in [6, 6.07) is 10.1. The van der Waals surface area contributed by atoms with E-state index in [1.165, 1.54) is 6.42 Å². The van der Waals surface area contributed by atoms with E-state index in [0.29, 0.717) is 18.2 Å². The molecule has 1 aromatic carbocycles. The highest BCUT2D eigenvalue weighted by Crippen LogP contribution is 2.16. The largest absolute Gasteiger partial charge is 0.492 e. The van der Waals surface area contributed by atoms with Crippen LogP contribution < -0.4 is 4.74 Å². The third kappa shape index (κ3) is 4.45. The number of nitrogens with zero attached hydrogens (tertiary/aromatic N) is 3. The highest BCUT2D eigenvalue weighted by molar-refractivity contribution is 5.34. The van der Waals surface area contributed by atoms with Gasteiger partial charge in [-0.05, 0) is 50.3 Å². The van der Waals surface area contributed by atoms with Crippen LogP contribution in [0.25, 0.3) is 0 Å². The van der Waals surface area contributed by atoms with Gasteiger partial charge in [-0.1, -0.05) is 13.8 Å². The molecule has 1 aliphatic heterocycles. The molecule has 0 saturated carbocycles. The lowest BCUT2D eigenvalue weighted by Gasteiger charge is -2.26. The Bertz CT molecular complexity index is 462. The fourth-order valence-electron chi connectivity index (χ4n) is 2.97. The van der Waals surface area contributed by atoms with Crippen LogP contribution in [0.4, 0.5) is 0 Å². The lowest BCUT2D eigenvalue weighted by molar-refractivity contribution is 0.195. The minimum Gasteiger partial charge on any atom is -0.492 e. The van der Waals surface area contributed by atoms with E-state index in [-0.39, 0.29) is 0 Å². The van der Waals surface area contributed by atoms with Gasteiger partial charge in [0, 0.05) is 19.1 Å². The predicted octanol–water partition coefficient (Wildman–Crippen LogP) is 2.35. The Morgan fingerprint density at radius 3 is 2.62 bits per heavy atom. The Labute approximate surface area is 127 Å². The Morgan fingerprint density at radius 2 is 2.00 bits per heavy atom. The summed E-state index contributed by atoms with van der Waals surface area (Å²) in [6.07, 6.45) is 1.26. The van der Waals surface area contributed by atoms with Crippen molar-refractivity contribution in [3.63, 3.8) is 0 Å². The molecule has 0 radical (unpaired) electrons. The summed E-state index contributed by atoms with van der Waals surface area (Å²) >= 11 is 0. The molecular weight excluding hydrogens is 262 g/mol. The summed E-state index contributed by atoms with van der Waals surface area (Å²) in [5.41, 5.74) is 0.670. The van der Waals surface area contributed by atoms with Gasteiger partial charge in [-0.15, -0.1) is 0 Å². The van der Waals surface area contributed by atoms with Gasteiger partial charge in [0.2, 0.25) is 0 Å². The summed E-state index contributed by atoms with van der Waals surface area (Å²) in [5.74, 6) is 0.841. The highest BCUT2D eigenvalue weighted by Gasteiger charge is 2.25. The number of likely N-dealkylation sites (tertiary alicyclic amines) is 1. The average molecular weight is 287 g/mol. The number of rotatable bonds is 7. The molecule has 0 aliphatic carbocycles. The monoisotopic (exact) mass is 287 g/mol. The zero-order valence-electron chi connectivity index (χ0n) is 13.1. The van der Waals surface area contributed by atoms with Crippen molar-refractivity contribution >= 4 is 0 Å². The second-order valence-electron chi connectivity index (χ2n) is 5.45. The molecule has 4 nitrogen and oxygen atoms in total. The quantitative estimate of drug-likeness (QED) is 0.772. The Morgan fingerprint density at radius 1 is 1.29 bits per heavy atom. The average Bonchev–Trinajstić information content (AvgIpc) is 2.98. The highest BCUT2D eigenvalue weighted by atomic mass is 16.5. The van der Waals surface area contributed by atoms with Crippen LogP contribution in [0, 0.1) is 11.3 Å². The minimum absolute atomic E-state index is 0.670. The van der Waals surface area contributed by atoms with Gasteiger partial charge in [-0.25, -0.2) is 0 Å². The van der Waals surface area contributed by atoms with Crippen molar-refractivity contribution in [3.8, 4) is 11.8 Å². The van der Waals surface area contributed by atoms with Gasteiger partial charge in [0.1, 0.15) is 12.4 Å². The number of hydrogen-bond acceptors (Lipinski definition) is 4. The molecule has 114 valence electrons. The normalized spacial score (nSPS) is 18.9. The van der Waals surface area contributed by atoms with Crippen molar-refractivity contribution in [1.82, 2.24) is 9.80 Å². The second-order valence-corrected chi connectivity index (χ2v) is 5.45. The molecule has 1 fully saturated rings. The molecule has 2 rings (SSSR count). The van der Waals surface area contributed by atoms with Crippen LogP contribution in [0.3, 0.4) is 0 Å². The van der Waals surface area contributed by atoms with E-state index in [4.69, 9.17) is 10.00 Å². The smallest absolute Gasteiger partial charge is 0.119 e. The van der Waals surface area contributed by atoms with Gasteiger partial charge in [0.05, 0.1) is 11.6 Å². The molecule has 0 bridgehead atoms. The fourth-order valence-corrected chi connectivity index (χ4v) is 2.97. The fraction of sp³-hybridized carbons (Fsp3) is 0.588. The maximum atomic E-state index is 8.76. The van der Waals surface area contributed by atoms with E-state index in [9.17, 15) is 0 Å². The van der Waals surface area contributed by atoms with Crippen molar-refractivity contribution in [2.24, 2.45) is 0 Å². The van der Waals surface area contributed by atoms with E-state index < -0.39 is 0 Å². The van der Waals surface area contributed by atoms with Crippen molar-refractivity contribution in [3.05, 3.63) is 29.8 Å². The molecule has 1 heterocycles. The number of benzene rings is 1. The van der Waals surface area contributed by atoms with Crippen LogP contribution in [0.5, 0.6) is 5.75 Å². The summed E-state index contributed by atoms with van der Waals surface area (Å²) in [4.78, 5) is 5.02. The van der Waals surface area contributed by atoms with Crippen LogP contribution in [0.15, 0.2) is 24.3 Å². The number of hydrogen-bond donors (Lipinski definition) is 0. The van der Waals surface area contributed by atoms with Gasteiger partial charge in [-0.2, -0.15) is 5.26 Å². The third-order valence-electron chi connectivity index (χ3n) is 4.24. The summed E-state index contributed by atoms with van der Waals surface area (Å²) in [6.45, 7) is 10.7. The van der Waals surface area contributed by atoms with Crippen LogP contribution >= 0.6 is 0 Å². The van der Waals surface area contributed by atoms with Crippen LogP contribution in [0.2, 0.25) is 0 Å². The van der Waals surface area contributed by atoms with Gasteiger partial charge < -0.3 is 4.74 Å². The first-order valence-corrected chi connectivity index (χ1v) is 7.86. The molecule has 0 spiro atoms. The topological polar surface area (TPSA) is 39.5 Å². The molecule has 21 heavy (non-hydrogen) atoms. The van der Waals surface area contributed by atoms with Crippen molar-refractivity contribution in [1.29, 1.82) is 5.26 Å². The van der Waals surface area contributed by atoms with Gasteiger partial charge >= 0.3 is 0 Å². The first kappa shape index (κ1) is 15.8. The summed E-state index contributed by atoms with van der Waals surface area (Å²) in [5, 5.41) is 8.76. The lowest BCUT2D eigenvalue weighted by atomic mass is 10.2. The van der Waals surface area contributed by atoms with Crippen LogP contribution in [-0.4, -0.2) is 55.2 Å². The second kappa shape index (κ2) is 8.02. The Balaban J connectivity index is 1.71. The van der Waals surface area contributed by atoms with E-state index >= 15 is 0 Å². The molecular formula is C17H25N3O. The molecule has 1 atom stereocenters. The number of nitriles is 1. The van der Waals surface area contributed by atoms with Crippen LogP contribution in [0.1, 0.15) is 25.8 Å². The summed E-state index contributed by atoms with van der Waals surface area (Å²) < 4.78 is 5.75. The standard InChI is InChI=1S/C17H25N3O/c1-3-20(4-2)16-9-10-19(14-16)11-12-21-17-7-5-15(13-18)6-8-17/h5-8,16H,3-4,9-12,14H2,1-2H3. The molecule has 1 saturated heterocycles. The van der Waals surface area contributed by atoms with Crippen molar-refractivity contribution < 1.29 is 4.74 Å². The van der Waals surface area contributed by atoms with E-state index in [1.54, 1.807) is 12.1 Å². The van der Waals surface area contributed by atoms with Crippen molar-refractivity contribution in [2.45, 2.75) is 26.3 Å². The first-order valence-electron chi connectivity index (χ1n) is 7.86. The van der Waals surface area contributed by atoms with Gasteiger partial charge in [0.15, 0.2) is 0 Å². The van der Waals surface area contributed by atoms with E-state index in [1.807, 2.05) is 12.1 Å². The zero-order valence-corrected chi connectivity index (χ0v) is 13.1. The maximum absolute atomic E-state index is 8.76. The minimum atomic E-state index is 0.670. The van der Waals surface area contributed by atoms with Gasteiger partial charge in [0.25, 0.3) is 0 Å². The molecule has 1 aromatic rings. The molecule has 0 amide bonds. The molecule has 0 N–H and O–H groups in total. The van der Waals surface area contributed by atoms with Crippen molar-refractivity contribution in [2.75, 3.05) is 39.3 Å². The molecule has 0 aromatic heterocycles. The van der Waals surface area contributed by atoms with Crippen LogP contribution in [-0.2, 0) is 0 Å². The van der Waals surface area contributed by atoms with Gasteiger partial charge in [-0.3, -0.25) is 9.80 Å². The Hall–Kier alpha value is -1.57.